The Morgan fingerprint density at radius 1 is 1.09 bits per heavy atom. The van der Waals surface area contributed by atoms with Crippen molar-refractivity contribution < 1.29 is 19.4 Å². The molecule has 1 amide bonds. The molecule has 1 atom stereocenters. The zero-order valence-corrected chi connectivity index (χ0v) is 19.5. The van der Waals surface area contributed by atoms with E-state index < -0.39 is 6.10 Å². The van der Waals surface area contributed by atoms with Gasteiger partial charge in [-0.2, -0.15) is 0 Å². The van der Waals surface area contributed by atoms with Gasteiger partial charge in [-0.1, -0.05) is 45.0 Å². The quantitative estimate of drug-likeness (QED) is 0.580. The number of nitrogens with one attached hydrogen (secondary N) is 1. The molecule has 0 spiro atoms. The Labute approximate surface area is 191 Å². The lowest BCUT2D eigenvalue weighted by atomic mass is 9.87. The molecule has 2 N–H and O–H groups in total. The third-order valence-corrected chi connectivity index (χ3v) is 5.68. The summed E-state index contributed by atoms with van der Waals surface area (Å²) in [7, 11) is 0. The van der Waals surface area contributed by atoms with E-state index in [-0.39, 0.29) is 17.9 Å². The van der Waals surface area contributed by atoms with Crippen molar-refractivity contribution in [1.29, 1.82) is 0 Å². The summed E-state index contributed by atoms with van der Waals surface area (Å²) in [5, 5.41) is 13.2. The molecule has 6 nitrogen and oxygen atoms in total. The van der Waals surface area contributed by atoms with Crippen LogP contribution in [0.25, 0.3) is 0 Å². The summed E-state index contributed by atoms with van der Waals surface area (Å²) in [5.41, 5.74) is 3.30. The summed E-state index contributed by atoms with van der Waals surface area (Å²) in [4.78, 5) is 14.4. The van der Waals surface area contributed by atoms with Crippen LogP contribution in [0.2, 0.25) is 0 Å². The van der Waals surface area contributed by atoms with Gasteiger partial charge in [0, 0.05) is 31.7 Å². The van der Waals surface area contributed by atoms with Crippen LogP contribution < -0.4 is 15.0 Å². The SMILES string of the molecule is CC(C)(C)c1ccc(OCCCC(=O)NCC(O)c2ccc(N3CCOCC3)cc2)cc1. The van der Waals surface area contributed by atoms with Crippen molar-refractivity contribution in [3.63, 3.8) is 0 Å². The molecule has 1 aliphatic heterocycles. The summed E-state index contributed by atoms with van der Waals surface area (Å²) in [6.45, 7) is 10.5. The van der Waals surface area contributed by atoms with Gasteiger partial charge in [0.05, 0.1) is 25.9 Å². The van der Waals surface area contributed by atoms with Crippen LogP contribution in [0.1, 0.15) is 50.8 Å². The van der Waals surface area contributed by atoms with Crippen molar-refractivity contribution >= 4 is 11.6 Å². The zero-order chi connectivity index (χ0) is 23.0. The average Bonchev–Trinajstić information content (AvgIpc) is 2.80. The second-order valence-electron chi connectivity index (χ2n) is 9.24. The van der Waals surface area contributed by atoms with Gasteiger partial charge in [0.15, 0.2) is 0 Å². The molecule has 3 rings (SSSR count). The van der Waals surface area contributed by atoms with Gasteiger partial charge < -0.3 is 24.8 Å². The van der Waals surface area contributed by atoms with Crippen molar-refractivity contribution in [3.05, 3.63) is 59.7 Å². The number of hydrogen-bond acceptors (Lipinski definition) is 5. The second-order valence-corrected chi connectivity index (χ2v) is 9.24. The van der Waals surface area contributed by atoms with E-state index in [1.165, 1.54) is 5.56 Å². The Morgan fingerprint density at radius 2 is 1.75 bits per heavy atom. The molecule has 1 unspecified atom stereocenters. The van der Waals surface area contributed by atoms with E-state index >= 15 is 0 Å². The van der Waals surface area contributed by atoms with E-state index in [9.17, 15) is 9.90 Å². The minimum Gasteiger partial charge on any atom is -0.494 e. The predicted octanol–water partition coefficient (Wildman–Crippen LogP) is 3.83. The molecule has 1 heterocycles. The molecule has 1 aliphatic rings. The fourth-order valence-electron chi connectivity index (χ4n) is 3.62. The zero-order valence-electron chi connectivity index (χ0n) is 19.5. The molecule has 32 heavy (non-hydrogen) atoms. The van der Waals surface area contributed by atoms with Crippen molar-refractivity contribution in [2.24, 2.45) is 0 Å². The van der Waals surface area contributed by atoms with Crippen LogP contribution in [0.15, 0.2) is 48.5 Å². The average molecular weight is 441 g/mol. The fourth-order valence-corrected chi connectivity index (χ4v) is 3.62. The van der Waals surface area contributed by atoms with Gasteiger partial charge in [-0.3, -0.25) is 4.79 Å². The molecular formula is C26H36N2O4. The van der Waals surface area contributed by atoms with Crippen molar-refractivity contribution in [1.82, 2.24) is 5.32 Å². The van der Waals surface area contributed by atoms with Gasteiger partial charge >= 0.3 is 0 Å². The number of hydrogen-bond donors (Lipinski definition) is 2. The number of aliphatic hydroxyl groups is 1. The minimum absolute atomic E-state index is 0.0827. The van der Waals surface area contributed by atoms with Gasteiger partial charge in [0.25, 0.3) is 0 Å². The summed E-state index contributed by atoms with van der Waals surface area (Å²) >= 11 is 0. The highest BCUT2D eigenvalue weighted by Crippen LogP contribution is 2.24. The number of nitrogens with zero attached hydrogens (tertiary/aromatic N) is 1. The lowest BCUT2D eigenvalue weighted by Gasteiger charge is -2.29. The van der Waals surface area contributed by atoms with Gasteiger partial charge in [-0.05, 0) is 47.2 Å². The lowest BCUT2D eigenvalue weighted by molar-refractivity contribution is -0.121. The number of rotatable bonds is 9. The monoisotopic (exact) mass is 440 g/mol. The number of aliphatic hydroxyl groups excluding tert-OH is 1. The van der Waals surface area contributed by atoms with Crippen LogP contribution in [-0.2, 0) is 14.9 Å². The van der Waals surface area contributed by atoms with E-state index in [2.05, 4.69) is 43.1 Å². The van der Waals surface area contributed by atoms with E-state index in [1.807, 2.05) is 36.4 Å². The molecule has 0 bridgehead atoms. The molecular weight excluding hydrogens is 404 g/mol. The predicted molar refractivity (Wildman–Crippen MR) is 127 cm³/mol. The molecule has 0 saturated carbocycles. The standard InChI is InChI=1S/C26H36N2O4/c1-26(2,3)21-8-12-23(13-9-21)32-16-4-5-25(30)27-19-24(29)20-6-10-22(11-7-20)28-14-17-31-18-15-28/h6-13,24,29H,4-5,14-19H2,1-3H3,(H,27,30). The Balaban J connectivity index is 1.33. The number of ether oxygens (including phenoxy) is 2. The number of carbonyl (C=O) groups excluding carboxylic acids is 1. The molecule has 0 aromatic heterocycles. The molecule has 1 saturated heterocycles. The highest BCUT2D eigenvalue weighted by atomic mass is 16.5. The highest BCUT2D eigenvalue weighted by molar-refractivity contribution is 5.75. The van der Waals surface area contributed by atoms with E-state index in [0.29, 0.717) is 19.4 Å². The van der Waals surface area contributed by atoms with Crippen LogP contribution in [0.3, 0.4) is 0 Å². The summed E-state index contributed by atoms with van der Waals surface area (Å²) < 4.78 is 11.1. The highest BCUT2D eigenvalue weighted by Gasteiger charge is 2.14. The first-order valence-corrected chi connectivity index (χ1v) is 11.4. The van der Waals surface area contributed by atoms with Gasteiger partial charge in [-0.15, -0.1) is 0 Å². The van der Waals surface area contributed by atoms with Crippen LogP contribution in [0, 0.1) is 0 Å². The Morgan fingerprint density at radius 3 is 2.38 bits per heavy atom. The summed E-state index contributed by atoms with van der Waals surface area (Å²) in [5.74, 6) is 0.732. The van der Waals surface area contributed by atoms with Crippen LogP contribution in [0.4, 0.5) is 5.69 Å². The van der Waals surface area contributed by atoms with E-state index in [4.69, 9.17) is 9.47 Å². The molecule has 174 valence electrons. The molecule has 1 fully saturated rings. The smallest absolute Gasteiger partial charge is 0.220 e. The van der Waals surface area contributed by atoms with Gasteiger partial charge in [0.1, 0.15) is 5.75 Å². The van der Waals surface area contributed by atoms with Crippen molar-refractivity contribution in [2.75, 3.05) is 44.4 Å². The van der Waals surface area contributed by atoms with Crippen LogP contribution in [0.5, 0.6) is 5.75 Å². The molecule has 0 aliphatic carbocycles. The fraction of sp³-hybridized carbons (Fsp3) is 0.500. The van der Waals surface area contributed by atoms with Gasteiger partial charge in [0.2, 0.25) is 5.91 Å². The number of anilines is 1. The first-order chi connectivity index (χ1) is 15.3. The van der Waals surface area contributed by atoms with E-state index in [1.54, 1.807) is 0 Å². The first-order valence-electron chi connectivity index (χ1n) is 11.4. The number of amides is 1. The van der Waals surface area contributed by atoms with E-state index in [0.717, 1.165) is 43.3 Å². The van der Waals surface area contributed by atoms with Crippen LogP contribution >= 0.6 is 0 Å². The van der Waals surface area contributed by atoms with Crippen LogP contribution in [-0.4, -0.2) is 50.5 Å². The largest absolute Gasteiger partial charge is 0.494 e. The molecule has 2 aromatic carbocycles. The topological polar surface area (TPSA) is 71.0 Å². The maximum atomic E-state index is 12.1. The van der Waals surface area contributed by atoms with Gasteiger partial charge in [-0.25, -0.2) is 0 Å². The first kappa shape index (κ1) is 24.1. The summed E-state index contributed by atoms with van der Waals surface area (Å²) in [6, 6.07) is 16.0. The molecule has 0 radical (unpaired) electrons. The maximum Gasteiger partial charge on any atom is 0.220 e. The van der Waals surface area contributed by atoms with Crippen molar-refractivity contribution in [2.45, 2.75) is 45.1 Å². The number of morpholine rings is 1. The number of carbonyl (C=O) groups is 1. The normalized spacial score (nSPS) is 15.3. The molecule has 6 heteroatoms. The summed E-state index contributed by atoms with van der Waals surface area (Å²) in [6.07, 6.45) is 0.259. The second kappa shape index (κ2) is 11.3. The number of benzene rings is 2. The Bertz CT molecular complexity index is 838. The van der Waals surface area contributed by atoms with Crippen molar-refractivity contribution in [3.8, 4) is 5.75 Å². The lowest BCUT2D eigenvalue weighted by Crippen LogP contribution is -2.36. The Kier molecular flexibility index (Phi) is 8.53. The Hall–Kier alpha value is -2.57. The third-order valence-electron chi connectivity index (χ3n) is 5.68. The maximum absolute atomic E-state index is 12.1. The molecule has 2 aromatic rings. The minimum atomic E-state index is -0.727. The third kappa shape index (κ3) is 7.24.